The van der Waals surface area contributed by atoms with Crippen molar-refractivity contribution in [2.75, 3.05) is 0 Å². The van der Waals surface area contributed by atoms with Crippen molar-refractivity contribution < 1.29 is 0 Å². The zero-order valence-corrected chi connectivity index (χ0v) is 13.6. The summed E-state index contributed by atoms with van der Waals surface area (Å²) < 4.78 is 0. The summed E-state index contributed by atoms with van der Waals surface area (Å²) in [6.07, 6.45) is 0. The Hall–Kier alpha value is -2.45. The molecule has 3 aromatic rings. The normalized spacial score (nSPS) is 13.5. The van der Waals surface area contributed by atoms with E-state index in [1.807, 2.05) is 25.1 Å². The predicted octanol–water partition coefficient (Wildman–Crippen LogP) is 4.83. The highest BCUT2D eigenvalue weighted by atomic mass is 15.0. The quantitative estimate of drug-likeness (QED) is 0.730. The van der Waals surface area contributed by atoms with Crippen molar-refractivity contribution in [1.29, 1.82) is 0 Å². The van der Waals surface area contributed by atoms with Crippen LogP contribution in [0.1, 0.15) is 41.5 Å². The summed E-state index contributed by atoms with van der Waals surface area (Å²) >= 11 is 0. The van der Waals surface area contributed by atoms with Crippen LogP contribution in [0.3, 0.4) is 0 Å². The highest BCUT2D eigenvalue weighted by molar-refractivity contribution is 5.29. The molecule has 0 aliphatic heterocycles. The fourth-order valence-corrected chi connectivity index (χ4v) is 2.81. The average molecular weight is 302 g/mol. The molecule has 2 atom stereocenters. The predicted molar refractivity (Wildman–Crippen MR) is 95.3 cm³/mol. The second-order valence-corrected chi connectivity index (χ2v) is 5.85. The summed E-state index contributed by atoms with van der Waals surface area (Å²) in [5.74, 6) is 0. The summed E-state index contributed by atoms with van der Waals surface area (Å²) in [5, 5.41) is 3.73. The van der Waals surface area contributed by atoms with Gasteiger partial charge < -0.3 is 0 Å². The van der Waals surface area contributed by atoms with Gasteiger partial charge in [0.25, 0.3) is 0 Å². The molecular formula is C21H22N2. The molecule has 1 aromatic heterocycles. The number of hydrogen-bond acceptors (Lipinski definition) is 2. The molecule has 3 rings (SSSR count). The van der Waals surface area contributed by atoms with Crippen molar-refractivity contribution in [2.24, 2.45) is 0 Å². The zero-order valence-electron chi connectivity index (χ0n) is 13.6. The Morgan fingerprint density at radius 2 is 1.35 bits per heavy atom. The lowest BCUT2D eigenvalue weighted by atomic mass is 10.00. The second-order valence-electron chi connectivity index (χ2n) is 5.85. The van der Waals surface area contributed by atoms with Crippen LogP contribution < -0.4 is 5.32 Å². The lowest BCUT2D eigenvalue weighted by Gasteiger charge is -2.24. The summed E-state index contributed by atoms with van der Waals surface area (Å²) in [6, 6.07) is 27.5. The molecule has 0 fully saturated rings. The summed E-state index contributed by atoms with van der Waals surface area (Å²) in [5.41, 5.74) is 4.60. The van der Waals surface area contributed by atoms with Gasteiger partial charge in [0.1, 0.15) is 0 Å². The van der Waals surface area contributed by atoms with Crippen molar-refractivity contribution in [2.45, 2.75) is 25.9 Å². The number of nitrogens with one attached hydrogen (secondary N) is 1. The van der Waals surface area contributed by atoms with Crippen molar-refractivity contribution in [3.05, 3.63) is 101 Å². The molecule has 2 nitrogen and oxygen atoms in total. The van der Waals surface area contributed by atoms with Crippen LogP contribution in [0.2, 0.25) is 0 Å². The van der Waals surface area contributed by atoms with Crippen LogP contribution >= 0.6 is 0 Å². The van der Waals surface area contributed by atoms with Gasteiger partial charge >= 0.3 is 0 Å². The van der Waals surface area contributed by atoms with Crippen LogP contribution in [0.5, 0.6) is 0 Å². The van der Waals surface area contributed by atoms with E-state index in [2.05, 4.69) is 72.9 Å². The molecule has 1 unspecified atom stereocenters. The Labute approximate surface area is 138 Å². The number of pyridine rings is 1. The second kappa shape index (κ2) is 7.21. The first-order valence-corrected chi connectivity index (χ1v) is 8.03. The maximum Gasteiger partial charge on any atom is 0.0756 e. The Bertz CT molecular complexity index is 738. The molecule has 0 spiro atoms. The van der Waals surface area contributed by atoms with Crippen molar-refractivity contribution in [3.8, 4) is 0 Å². The fourth-order valence-electron chi connectivity index (χ4n) is 2.81. The first-order chi connectivity index (χ1) is 11.2. The van der Waals surface area contributed by atoms with Crippen LogP contribution in [0.15, 0.2) is 78.9 Å². The van der Waals surface area contributed by atoms with Gasteiger partial charge in [-0.2, -0.15) is 0 Å². The topological polar surface area (TPSA) is 24.9 Å². The molecule has 0 bridgehead atoms. The van der Waals surface area contributed by atoms with E-state index < -0.39 is 0 Å². The van der Waals surface area contributed by atoms with Crippen LogP contribution in [0.4, 0.5) is 0 Å². The van der Waals surface area contributed by atoms with Gasteiger partial charge in [0.05, 0.1) is 11.7 Å². The Morgan fingerprint density at radius 3 is 1.96 bits per heavy atom. The highest BCUT2D eigenvalue weighted by Gasteiger charge is 2.18. The minimum absolute atomic E-state index is 0.0753. The maximum atomic E-state index is 4.73. The molecule has 0 aliphatic rings. The van der Waals surface area contributed by atoms with E-state index in [0.29, 0.717) is 0 Å². The Morgan fingerprint density at radius 1 is 0.739 bits per heavy atom. The van der Waals surface area contributed by atoms with Gasteiger partial charge in [-0.25, -0.2) is 0 Å². The summed E-state index contributed by atoms with van der Waals surface area (Å²) in [4.78, 5) is 4.73. The minimum atomic E-state index is 0.0753. The van der Waals surface area contributed by atoms with Gasteiger partial charge in [0.15, 0.2) is 0 Å². The maximum absolute atomic E-state index is 4.73. The molecular weight excluding hydrogens is 280 g/mol. The number of rotatable bonds is 5. The number of aryl methyl sites for hydroxylation is 1. The molecule has 0 amide bonds. The number of nitrogens with zero attached hydrogens (tertiary/aromatic N) is 1. The molecule has 1 N–H and O–H groups in total. The SMILES string of the molecule is Cc1cccc(C(N[C@H](C)c2ccccc2)c2ccccc2)n1. The molecule has 0 saturated heterocycles. The number of hydrogen-bond donors (Lipinski definition) is 1. The third kappa shape index (κ3) is 3.85. The first-order valence-electron chi connectivity index (χ1n) is 8.03. The lowest BCUT2D eigenvalue weighted by molar-refractivity contribution is 0.508. The number of aromatic nitrogens is 1. The van der Waals surface area contributed by atoms with E-state index in [1.54, 1.807) is 0 Å². The lowest BCUT2D eigenvalue weighted by Crippen LogP contribution is -2.26. The zero-order chi connectivity index (χ0) is 16.1. The molecule has 2 aromatic carbocycles. The summed E-state index contributed by atoms with van der Waals surface area (Å²) in [7, 11) is 0. The van der Waals surface area contributed by atoms with E-state index in [1.165, 1.54) is 11.1 Å². The molecule has 1 heterocycles. The molecule has 23 heavy (non-hydrogen) atoms. The Kier molecular flexibility index (Phi) is 4.84. The van der Waals surface area contributed by atoms with Crippen LogP contribution in [-0.2, 0) is 0 Å². The largest absolute Gasteiger partial charge is 0.298 e. The molecule has 2 heteroatoms. The van der Waals surface area contributed by atoms with Gasteiger partial charge in [-0.15, -0.1) is 0 Å². The third-order valence-electron chi connectivity index (χ3n) is 4.05. The Balaban J connectivity index is 1.93. The van der Waals surface area contributed by atoms with Gasteiger partial charge in [-0.3, -0.25) is 10.3 Å². The van der Waals surface area contributed by atoms with Crippen LogP contribution in [0.25, 0.3) is 0 Å². The van der Waals surface area contributed by atoms with E-state index in [9.17, 15) is 0 Å². The van der Waals surface area contributed by atoms with Crippen LogP contribution in [0, 0.1) is 6.92 Å². The molecule has 0 aliphatic carbocycles. The van der Waals surface area contributed by atoms with Crippen molar-refractivity contribution in [3.63, 3.8) is 0 Å². The monoisotopic (exact) mass is 302 g/mol. The minimum Gasteiger partial charge on any atom is -0.298 e. The van der Waals surface area contributed by atoms with Gasteiger partial charge in [0, 0.05) is 11.7 Å². The first kappa shape index (κ1) is 15.4. The van der Waals surface area contributed by atoms with Crippen LogP contribution in [-0.4, -0.2) is 4.98 Å². The van der Waals surface area contributed by atoms with E-state index in [4.69, 9.17) is 4.98 Å². The standard InChI is InChI=1S/C21H22N2/c1-16-10-9-15-20(22-16)21(19-13-7-4-8-14-19)23-17(2)18-11-5-3-6-12-18/h3-15,17,21,23H,1-2H3/t17-,21?/m1/s1. The van der Waals surface area contributed by atoms with Crippen molar-refractivity contribution >= 4 is 0 Å². The van der Waals surface area contributed by atoms with E-state index >= 15 is 0 Å². The van der Waals surface area contributed by atoms with Gasteiger partial charge in [-0.05, 0) is 37.1 Å². The average Bonchev–Trinajstić information content (AvgIpc) is 2.61. The van der Waals surface area contributed by atoms with Crippen molar-refractivity contribution in [1.82, 2.24) is 10.3 Å². The van der Waals surface area contributed by atoms with E-state index in [-0.39, 0.29) is 12.1 Å². The smallest absolute Gasteiger partial charge is 0.0756 e. The molecule has 116 valence electrons. The third-order valence-corrected chi connectivity index (χ3v) is 4.05. The van der Waals surface area contributed by atoms with E-state index in [0.717, 1.165) is 11.4 Å². The van der Waals surface area contributed by atoms with Gasteiger partial charge in [-0.1, -0.05) is 66.7 Å². The number of benzene rings is 2. The molecule has 0 saturated carbocycles. The highest BCUT2D eigenvalue weighted by Crippen LogP contribution is 2.25. The van der Waals surface area contributed by atoms with Gasteiger partial charge in [0.2, 0.25) is 0 Å². The molecule has 0 radical (unpaired) electrons. The summed E-state index contributed by atoms with van der Waals surface area (Å²) in [6.45, 7) is 4.23. The fraction of sp³-hybridized carbons (Fsp3) is 0.190.